The maximum Gasteiger partial charge on any atom is 0.236 e. The lowest BCUT2D eigenvalue weighted by Crippen LogP contribution is -2.36. The normalized spacial score (nSPS) is 16.7. The number of nitrogens with one attached hydrogen (secondary N) is 1. The van der Waals surface area contributed by atoms with Gasteiger partial charge < -0.3 is 19.3 Å². The zero-order chi connectivity index (χ0) is 19.2. The first-order valence-corrected chi connectivity index (χ1v) is 9.28. The number of nitrogens with zero attached hydrogens (tertiary/aromatic N) is 3. The van der Waals surface area contributed by atoms with Crippen LogP contribution in [0.5, 0.6) is 11.5 Å². The maximum atomic E-state index is 12.2. The first-order valence-electron chi connectivity index (χ1n) is 9.28. The van der Waals surface area contributed by atoms with Gasteiger partial charge in [0.05, 0.1) is 26.0 Å². The molecule has 0 bridgehead atoms. The van der Waals surface area contributed by atoms with Crippen molar-refractivity contribution >= 4 is 5.91 Å². The van der Waals surface area contributed by atoms with E-state index in [0.717, 1.165) is 48.8 Å². The Bertz CT molecular complexity index is 759. The molecule has 7 heteroatoms. The van der Waals surface area contributed by atoms with Gasteiger partial charge in [-0.2, -0.15) is 5.10 Å². The first kappa shape index (κ1) is 19.2. The second-order valence-electron chi connectivity index (χ2n) is 7.16. The summed E-state index contributed by atoms with van der Waals surface area (Å²) in [4.78, 5) is 16.0. The van der Waals surface area contributed by atoms with Crippen LogP contribution in [0.4, 0.5) is 0 Å². The number of H-pyrrole nitrogens is 1. The zero-order valence-electron chi connectivity index (χ0n) is 16.3. The van der Waals surface area contributed by atoms with Crippen molar-refractivity contribution in [3.8, 4) is 11.5 Å². The highest BCUT2D eigenvalue weighted by Gasteiger charge is 2.28. The monoisotopic (exact) mass is 372 g/mol. The third-order valence-electron chi connectivity index (χ3n) is 4.74. The minimum absolute atomic E-state index is 0.185. The molecule has 27 heavy (non-hydrogen) atoms. The Hall–Kier alpha value is -2.54. The highest BCUT2D eigenvalue weighted by atomic mass is 16.5. The molecule has 1 aromatic carbocycles. The molecule has 7 nitrogen and oxygen atoms in total. The smallest absolute Gasteiger partial charge is 0.236 e. The molecule has 1 atom stereocenters. The number of hydrogen-bond acceptors (Lipinski definition) is 5. The second kappa shape index (κ2) is 8.90. The minimum Gasteiger partial charge on any atom is -0.497 e. The minimum atomic E-state index is 0.185. The molecule has 1 amide bonds. The van der Waals surface area contributed by atoms with Crippen LogP contribution in [0.3, 0.4) is 0 Å². The van der Waals surface area contributed by atoms with Crippen LogP contribution in [-0.4, -0.2) is 73.4 Å². The lowest BCUT2D eigenvalue weighted by molar-refractivity contribution is -0.130. The third-order valence-corrected chi connectivity index (χ3v) is 4.74. The molecule has 1 aliphatic rings. The Labute approximate surface area is 160 Å². The van der Waals surface area contributed by atoms with E-state index in [4.69, 9.17) is 9.47 Å². The molecule has 1 N–H and O–H groups in total. The quantitative estimate of drug-likeness (QED) is 0.767. The highest BCUT2D eigenvalue weighted by Crippen LogP contribution is 2.26. The Morgan fingerprint density at radius 1 is 1.33 bits per heavy atom. The number of hydrogen-bond donors (Lipinski definition) is 1. The number of aromatic amines is 1. The highest BCUT2D eigenvalue weighted by molar-refractivity contribution is 5.78. The molecular weight excluding hydrogens is 344 g/mol. The van der Waals surface area contributed by atoms with Gasteiger partial charge in [-0.05, 0) is 38.7 Å². The Kier molecular flexibility index (Phi) is 6.34. The number of likely N-dealkylation sites (N-methyl/N-ethyl adjacent to an activating group) is 1. The number of carbonyl (C=O) groups is 1. The maximum absolute atomic E-state index is 12.2. The molecule has 1 saturated heterocycles. The van der Waals surface area contributed by atoms with E-state index in [1.165, 1.54) is 0 Å². The topological polar surface area (TPSA) is 70.7 Å². The predicted molar refractivity (Wildman–Crippen MR) is 103 cm³/mol. The molecule has 3 rings (SSSR count). The number of ether oxygens (including phenoxy) is 2. The fourth-order valence-corrected chi connectivity index (χ4v) is 3.29. The molecule has 2 heterocycles. The van der Waals surface area contributed by atoms with Gasteiger partial charge in [0, 0.05) is 37.2 Å². The van der Waals surface area contributed by atoms with Crippen LogP contribution in [0, 0.1) is 0 Å². The molecule has 0 spiro atoms. The molecule has 1 aliphatic heterocycles. The van der Waals surface area contributed by atoms with E-state index in [0.29, 0.717) is 19.1 Å². The molecule has 146 valence electrons. The van der Waals surface area contributed by atoms with E-state index in [-0.39, 0.29) is 5.91 Å². The van der Waals surface area contributed by atoms with E-state index in [2.05, 4.69) is 16.3 Å². The summed E-state index contributed by atoms with van der Waals surface area (Å²) in [5.74, 6) is 2.07. The van der Waals surface area contributed by atoms with Crippen LogP contribution in [0.25, 0.3) is 0 Å². The summed E-state index contributed by atoms with van der Waals surface area (Å²) in [6.07, 6.45) is 1.71. The predicted octanol–water partition coefficient (Wildman–Crippen LogP) is 1.92. The summed E-state index contributed by atoms with van der Waals surface area (Å²) in [5, 5.41) is 7.56. The zero-order valence-corrected chi connectivity index (χ0v) is 16.3. The lowest BCUT2D eigenvalue weighted by atomic mass is 10.0. The average molecular weight is 372 g/mol. The van der Waals surface area contributed by atoms with Crippen molar-refractivity contribution in [3.05, 3.63) is 41.7 Å². The number of rotatable bonds is 8. The van der Waals surface area contributed by atoms with Gasteiger partial charge in [-0.3, -0.25) is 9.89 Å². The van der Waals surface area contributed by atoms with Gasteiger partial charge in [-0.1, -0.05) is 6.07 Å². The Balaban J connectivity index is 1.48. The van der Waals surface area contributed by atoms with Crippen LogP contribution < -0.4 is 9.47 Å². The fraction of sp³-hybridized carbons (Fsp3) is 0.500. The molecule has 0 saturated carbocycles. The molecular formula is C20H28N4O3. The van der Waals surface area contributed by atoms with E-state index < -0.39 is 0 Å². The number of aromatic nitrogens is 2. The van der Waals surface area contributed by atoms with Gasteiger partial charge >= 0.3 is 0 Å². The number of likely N-dealkylation sites (tertiary alicyclic amines) is 1. The van der Waals surface area contributed by atoms with Crippen molar-refractivity contribution in [2.75, 3.05) is 47.4 Å². The standard InChI is InChI=1S/C20H28N4O3/c1-23(2)14-20(25)24-9-7-15(13-24)19-11-16(21-22-19)8-10-27-18-6-4-5-17(12-18)26-3/h4-6,11-12,15H,7-10,13-14H2,1-3H3,(H,21,22)/t15-/m0/s1. The second-order valence-corrected chi connectivity index (χ2v) is 7.16. The number of amides is 1. The number of benzene rings is 1. The summed E-state index contributed by atoms with van der Waals surface area (Å²) in [6, 6.07) is 9.68. The summed E-state index contributed by atoms with van der Waals surface area (Å²) < 4.78 is 11.0. The van der Waals surface area contributed by atoms with Gasteiger partial charge in [0.2, 0.25) is 5.91 Å². The van der Waals surface area contributed by atoms with E-state index in [1.54, 1.807) is 7.11 Å². The van der Waals surface area contributed by atoms with Crippen molar-refractivity contribution in [1.82, 2.24) is 20.0 Å². The van der Waals surface area contributed by atoms with Gasteiger partial charge in [-0.15, -0.1) is 0 Å². The molecule has 1 aromatic heterocycles. The summed E-state index contributed by atoms with van der Waals surface area (Å²) >= 11 is 0. The van der Waals surface area contributed by atoms with E-state index in [1.807, 2.05) is 48.2 Å². The molecule has 1 fully saturated rings. The van der Waals surface area contributed by atoms with Gasteiger partial charge in [0.1, 0.15) is 11.5 Å². The molecule has 0 unspecified atom stereocenters. The Morgan fingerprint density at radius 2 is 2.15 bits per heavy atom. The largest absolute Gasteiger partial charge is 0.497 e. The van der Waals surface area contributed by atoms with Crippen molar-refractivity contribution < 1.29 is 14.3 Å². The molecule has 0 radical (unpaired) electrons. The van der Waals surface area contributed by atoms with Gasteiger partial charge in [-0.25, -0.2) is 0 Å². The van der Waals surface area contributed by atoms with Crippen molar-refractivity contribution in [2.24, 2.45) is 0 Å². The third kappa shape index (κ3) is 5.23. The van der Waals surface area contributed by atoms with Crippen LogP contribution in [0.1, 0.15) is 23.7 Å². The van der Waals surface area contributed by atoms with Crippen LogP contribution in [0.2, 0.25) is 0 Å². The van der Waals surface area contributed by atoms with Crippen LogP contribution in [0.15, 0.2) is 30.3 Å². The van der Waals surface area contributed by atoms with Gasteiger partial charge in [0.15, 0.2) is 0 Å². The number of methoxy groups -OCH3 is 1. The fourth-order valence-electron chi connectivity index (χ4n) is 3.29. The first-order chi connectivity index (χ1) is 13.0. The molecule has 0 aliphatic carbocycles. The van der Waals surface area contributed by atoms with Crippen molar-refractivity contribution in [1.29, 1.82) is 0 Å². The lowest BCUT2D eigenvalue weighted by Gasteiger charge is -2.18. The Morgan fingerprint density at radius 3 is 2.93 bits per heavy atom. The summed E-state index contributed by atoms with van der Waals surface area (Å²) in [7, 11) is 5.47. The average Bonchev–Trinajstić information content (AvgIpc) is 3.31. The van der Waals surface area contributed by atoms with Gasteiger partial charge in [0.25, 0.3) is 0 Å². The van der Waals surface area contributed by atoms with Crippen molar-refractivity contribution in [3.63, 3.8) is 0 Å². The summed E-state index contributed by atoms with van der Waals surface area (Å²) in [6.45, 7) is 2.57. The van der Waals surface area contributed by atoms with E-state index in [9.17, 15) is 4.79 Å². The molecule has 2 aromatic rings. The van der Waals surface area contributed by atoms with Crippen molar-refractivity contribution in [2.45, 2.75) is 18.8 Å². The van der Waals surface area contributed by atoms with Crippen LogP contribution >= 0.6 is 0 Å². The SMILES string of the molecule is COc1cccc(OCCc2cc([C@H]3CCN(C(=O)CN(C)C)C3)n[nH]2)c1. The van der Waals surface area contributed by atoms with E-state index >= 15 is 0 Å². The summed E-state index contributed by atoms with van der Waals surface area (Å²) in [5.41, 5.74) is 2.08. The van der Waals surface area contributed by atoms with Crippen LogP contribution in [-0.2, 0) is 11.2 Å². The number of carbonyl (C=O) groups excluding carboxylic acids is 1.